The van der Waals surface area contributed by atoms with Crippen LogP contribution in [0.15, 0.2) is 52.3 Å². The first-order valence-electron chi connectivity index (χ1n) is 9.64. The maximum atomic E-state index is 12.3. The van der Waals surface area contributed by atoms with Crippen LogP contribution in [0.2, 0.25) is 0 Å². The Morgan fingerprint density at radius 1 is 1.18 bits per heavy atom. The molecule has 1 amide bonds. The maximum absolute atomic E-state index is 12.3. The van der Waals surface area contributed by atoms with Crippen molar-refractivity contribution in [1.29, 1.82) is 0 Å². The van der Waals surface area contributed by atoms with E-state index < -0.39 is 0 Å². The summed E-state index contributed by atoms with van der Waals surface area (Å²) in [4.78, 5) is 15.3. The number of aromatic nitrogens is 2. The predicted molar refractivity (Wildman–Crippen MR) is 111 cm³/mol. The molecular formula is C21H26N4O2S. The van der Waals surface area contributed by atoms with E-state index in [4.69, 9.17) is 4.42 Å². The molecule has 2 heterocycles. The second-order valence-electron chi connectivity index (χ2n) is 6.63. The van der Waals surface area contributed by atoms with Gasteiger partial charge in [0, 0.05) is 6.54 Å². The van der Waals surface area contributed by atoms with Crippen molar-refractivity contribution in [1.82, 2.24) is 20.4 Å². The first-order valence-corrected chi connectivity index (χ1v) is 10.5. The largest absolute Gasteiger partial charge is 0.419 e. The van der Waals surface area contributed by atoms with Crippen LogP contribution in [0.4, 0.5) is 0 Å². The van der Waals surface area contributed by atoms with Crippen LogP contribution in [0.3, 0.4) is 0 Å². The van der Waals surface area contributed by atoms with Gasteiger partial charge in [-0.05, 0) is 42.8 Å². The quantitative estimate of drug-likeness (QED) is 0.498. The average molecular weight is 399 g/mol. The summed E-state index contributed by atoms with van der Waals surface area (Å²) in [6.45, 7) is 4.38. The second-order valence-corrected chi connectivity index (χ2v) is 7.58. The van der Waals surface area contributed by atoms with Crippen molar-refractivity contribution in [3.8, 4) is 10.8 Å². The van der Waals surface area contributed by atoms with Gasteiger partial charge in [-0.3, -0.25) is 9.69 Å². The van der Waals surface area contributed by atoms with Crippen LogP contribution in [-0.4, -0.2) is 40.6 Å². The lowest BCUT2D eigenvalue weighted by Gasteiger charge is -2.19. The van der Waals surface area contributed by atoms with Crippen LogP contribution in [-0.2, 0) is 17.8 Å². The number of thiophene rings is 1. The Kier molecular flexibility index (Phi) is 7.75. The number of hydrogen-bond donors (Lipinski definition) is 1. The third-order valence-corrected chi connectivity index (χ3v) is 5.13. The monoisotopic (exact) mass is 398 g/mol. The summed E-state index contributed by atoms with van der Waals surface area (Å²) in [6, 6.07) is 14.2. The van der Waals surface area contributed by atoms with E-state index in [0.29, 0.717) is 31.4 Å². The molecule has 0 bridgehead atoms. The molecule has 6 nitrogen and oxygen atoms in total. The number of aryl methyl sites for hydroxylation is 1. The highest BCUT2D eigenvalue weighted by Crippen LogP contribution is 2.23. The molecule has 1 aromatic carbocycles. The molecule has 7 heteroatoms. The van der Waals surface area contributed by atoms with Crippen LogP contribution in [0.1, 0.15) is 31.2 Å². The Balaban J connectivity index is 1.44. The van der Waals surface area contributed by atoms with Crippen molar-refractivity contribution in [2.45, 2.75) is 32.7 Å². The smallest absolute Gasteiger partial charge is 0.257 e. The van der Waals surface area contributed by atoms with E-state index in [2.05, 4.69) is 34.6 Å². The minimum atomic E-state index is 0.0273. The Bertz CT molecular complexity index is 833. The molecule has 0 radical (unpaired) electrons. The second kappa shape index (κ2) is 10.7. The number of nitrogens with one attached hydrogen (secondary N) is 1. The summed E-state index contributed by atoms with van der Waals surface area (Å²) in [7, 11) is 0. The van der Waals surface area contributed by atoms with Gasteiger partial charge in [0.1, 0.15) is 0 Å². The van der Waals surface area contributed by atoms with Crippen molar-refractivity contribution in [2.24, 2.45) is 0 Å². The van der Waals surface area contributed by atoms with E-state index in [1.165, 1.54) is 5.56 Å². The fraction of sp³-hybridized carbons (Fsp3) is 0.381. The maximum Gasteiger partial charge on any atom is 0.257 e. The molecular weight excluding hydrogens is 372 g/mol. The molecule has 0 unspecified atom stereocenters. The van der Waals surface area contributed by atoms with Gasteiger partial charge in [-0.25, -0.2) is 0 Å². The highest BCUT2D eigenvalue weighted by atomic mass is 32.1. The van der Waals surface area contributed by atoms with E-state index in [-0.39, 0.29) is 5.91 Å². The van der Waals surface area contributed by atoms with Gasteiger partial charge in [0.2, 0.25) is 11.8 Å². The number of hydrogen-bond acceptors (Lipinski definition) is 6. The molecule has 0 fully saturated rings. The lowest BCUT2D eigenvalue weighted by Crippen LogP contribution is -2.37. The standard InChI is InChI=1S/C21H26N4O2S/c1-2-13-25(16-20-23-24-21(27-20)18-11-7-14-28-18)15-19(26)22-12-6-10-17-8-4-3-5-9-17/h3-5,7-9,11,14H,2,6,10,12-13,15-16H2,1H3,(H,22,26). The van der Waals surface area contributed by atoms with Gasteiger partial charge in [0.15, 0.2) is 0 Å². The molecule has 3 aromatic rings. The topological polar surface area (TPSA) is 71.3 Å². The number of amides is 1. The SMILES string of the molecule is CCCN(CC(=O)NCCCc1ccccc1)Cc1nnc(-c2cccs2)o1. The van der Waals surface area contributed by atoms with E-state index in [1.54, 1.807) is 11.3 Å². The molecule has 1 N–H and O–H groups in total. The molecule has 148 valence electrons. The number of carbonyl (C=O) groups is 1. The molecule has 0 aliphatic rings. The van der Waals surface area contributed by atoms with Crippen LogP contribution >= 0.6 is 11.3 Å². The summed E-state index contributed by atoms with van der Waals surface area (Å²) in [5.41, 5.74) is 1.29. The fourth-order valence-corrected chi connectivity index (χ4v) is 3.61. The number of carbonyl (C=O) groups excluding carboxylic acids is 1. The van der Waals surface area contributed by atoms with Gasteiger partial charge >= 0.3 is 0 Å². The summed E-state index contributed by atoms with van der Waals surface area (Å²) in [6.07, 6.45) is 2.85. The van der Waals surface area contributed by atoms with E-state index in [1.807, 2.05) is 40.6 Å². The Morgan fingerprint density at radius 2 is 2.04 bits per heavy atom. The van der Waals surface area contributed by atoms with Crippen LogP contribution in [0.5, 0.6) is 0 Å². The molecule has 0 spiro atoms. The molecule has 28 heavy (non-hydrogen) atoms. The lowest BCUT2D eigenvalue weighted by molar-refractivity contribution is -0.122. The first kappa shape index (κ1) is 20.2. The van der Waals surface area contributed by atoms with Crippen LogP contribution in [0.25, 0.3) is 10.8 Å². The van der Waals surface area contributed by atoms with Gasteiger partial charge in [-0.2, -0.15) is 0 Å². The number of benzene rings is 1. The zero-order chi connectivity index (χ0) is 19.6. The van der Waals surface area contributed by atoms with Crippen LogP contribution < -0.4 is 5.32 Å². The Morgan fingerprint density at radius 3 is 2.79 bits per heavy atom. The Labute approximate surface area is 169 Å². The third-order valence-electron chi connectivity index (χ3n) is 4.27. The van der Waals surface area contributed by atoms with Crippen molar-refractivity contribution < 1.29 is 9.21 Å². The summed E-state index contributed by atoms with van der Waals surface area (Å²) in [5, 5.41) is 13.2. The van der Waals surface area contributed by atoms with Crippen molar-refractivity contribution in [3.63, 3.8) is 0 Å². The fourth-order valence-electron chi connectivity index (χ4n) is 2.96. The molecule has 0 aliphatic heterocycles. The van der Waals surface area contributed by atoms with E-state index in [9.17, 15) is 4.79 Å². The number of nitrogens with zero attached hydrogens (tertiary/aromatic N) is 3. The summed E-state index contributed by atoms with van der Waals surface area (Å²) >= 11 is 1.56. The van der Waals surface area contributed by atoms with Gasteiger partial charge < -0.3 is 9.73 Å². The van der Waals surface area contributed by atoms with Gasteiger partial charge in [-0.15, -0.1) is 21.5 Å². The Hall–Kier alpha value is -2.51. The van der Waals surface area contributed by atoms with E-state index >= 15 is 0 Å². The molecule has 2 aromatic heterocycles. The summed E-state index contributed by atoms with van der Waals surface area (Å²) < 4.78 is 5.75. The zero-order valence-corrected chi connectivity index (χ0v) is 17.0. The van der Waals surface area contributed by atoms with Crippen molar-refractivity contribution >= 4 is 17.2 Å². The molecule has 0 aliphatic carbocycles. The van der Waals surface area contributed by atoms with Crippen LogP contribution in [0, 0.1) is 0 Å². The minimum Gasteiger partial charge on any atom is -0.419 e. The number of rotatable bonds is 11. The highest BCUT2D eigenvalue weighted by Gasteiger charge is 2.15. The molecule has 0 saturated heterocycles. The zero-order valence-electron chi connectivity index (χ0n) is 16.1. The normalized spacial score (nSPS) is 11.1. The lowest BCUT2D eigenvalue weighted by atomic mass is 10.1. The van der Waals surface area contributed by atoms with E-state index in [0.717, 1.165) is 30.7 Å². The van der Waals surface area contributed by atoms with Gasteiger partial charge in [0.05, 0.1) is 18.0 Å². The highest BCUT2D eigenvalue weighted by molar-refractivity contribution is 7.13. The van der Waals surface area contributed by atoms with Crippen molar-refractivity contribution in [2.75, 3.05) is 19.6 Å². The summed E-state index contributed by atoms with van der Waals surface area (Å²) in [5.74, 6) is 1.10. The molecule has 0 saturated carbocycles. The molecule has 3 rings (SSSR count). The molecule has 0 atom stereocenters. The first-order chi connectivity index (χ1) is 13.7. The van der Waals surface area contributed by atoms with Gasteiger partial charge in [0.25, 0.3) is 5.89 Å². The minimum absolute atomic E-state index is 0.0273. The third kappa shape index (κ3) is 6.28. The van der Waals surface area contributed by atoms with Gasteiger partial charge in [-0.1, -0.05) is 43.3 Å². The predicted octanol–water partition coefficient (Wildman–Crippen LogP) is 3.76. The van der Waals surface area contributed by atoms with Crippen molar-refractivity contribution in [3.05, 3.63) is 59.3 Å². The average Bonchev–Trinajstić information content (AvgIpc) is 3.38.